The van der Waals surface area contributed by atoms with Crippen LogP contribution in [0.25, 0.3) is 0 Å². The third-order valence-corrected chi connectivity index (χ3v) is 5.22. The van der Waals surface area contributed by atoms with Gasteiger partial charge in [-0.1, -0.05) is 30.1 Å². The number of carbonyl (C=O) groups is 1. The maximum Gasteiger partial charge on any atom is 0.227 e. The van der Waals surface area contributed by atoms with E-state index in [1.54, 1.807) is 23.4 Å². The molecular weight excluding hydrogens is 335 g/mol. The summed E-state index contributed by atoms with van der Waals surface area (Å²) in [7, 11) is 0. The minimum absolute atomic E-state index is 0.0533. The Hall–Kier alpha value is -1.78. The summed E-state index contributed by atoms with van der Waals surface area (Å²) in [5.41, 5.74) is 1.44. The third-order valence-electron chi connectivity index (χ3n) is 4.40. The quantitative estimate of drug-likeness (QED) is 0.899. The van der Waals surface area contributed by atoms with E-state index >= 15 is 0 Å². The Morgan fingerprint density at radius 1 is 1.26 bits per heavy atom. The summed E-state index contributed by atoms with van der Waals surface area (Å²) in [6, 6.07) is 6.74. The van der Waals surface area contributed by atoms with Crippen LogP contribution in [0.4, 0.5) is 5.69 Å². The van der Waals surface area contributed by atoms with Crippen molar-refractivity contribution in [3.8, 4) is 5.75 Å². The van der Waals surface area contributed by atoms with Crippen molar-refractivity contribution in [2.45, 2.75) is 19.3 Å². The fourth-order valence-corrected chi connectivity index (χ4v) is 3.57. The van der Waals surface area contributed by atoms with E-state index in [1.165, 1.54) is 6.07 Å². The summed E-state index contributed by atoms with van der Waals surface area (Å²) in [4.78, 5) is 18.1. The highest BCUT2D eigenvalue weighted by Gasteiger charge is 2.36. The van der Waals surface area contributed by atoms with Crippen LogP contribution in [0.15, 0.2) is 36.7 Å². The maximum absolute atomic E-state index is 12.3. The molecule has 23 heavy (non-hydrogen) atoms. The van der Waals surface area contributed by atoms with Gasteiger partial charge in [0.25, 0.3) is 0 Å². The molecule has 1 fully saturated rings. The molecule has 1 aliphatic rings. The van der Waals surface area contributed by atoms with Crippen LogP contribution < -0.4 is 4.90 Å². The minimum Gasteiger partial charge on any atom is -0.508 e. The standard InChI is InChI=1S/C17H16Cl2N2O2/c1-10(16-14(22)3-2-13(18)17(16)19)11-8-15(23)21(9-11)12-4-6-20-7-5-12/h2-7,10-11,22H,8-9H2,1H3/t10-,11?/m0/s1. The molecule has 0 saturated carbocycles. The number of rotatable bonds is 3. The number of phenolic OH excluding ortho intramolecular Hbond substituents is 1. The number of halogens is 2. The number of nitrogens with zero attached hydrogens (tertiary/aromatic N) is 2. The molecule has 0 bridgehead atoms. The predicted octanol–water partition coefficient (Wildman–Crippen LogP) is 4.25. The van der Waals surface area contributed by atoms with Gasteiger partial charge in [-0.15, -0.1) is 0 Å². The van der Waals surface area contributed by atoms with Crippen LogP contribution in [0.3, 0.4) is 0 Å². The van der Waals surface area contributed by atoms with Crippen LogP contribution in [0.1, 0.15) is 24.8 Å². The van der Waals surface area contributed by atoms with Gasteiger partial charge in [0.15, 0.2) is 0 Å². The summed E-state index contributed by atoms with van der Waals surface area (Å²) in [5, 5.41) is 10.9. The second-order valence-corrected chi connectivity index (χ2v) is 6.54. The number of aromatic hydroxyl groups is 1. The molecule has 2 heterocycles. The molecule has 120 valence electrons. The molecule has 3 rings (SSSR count). The van der Waals surface area contributed by atoms with Gasteiger partial charge in [0.1, 0.15) is 5.75 Å². The Labute approximate surface area is 144 Å². The van der Waals surface area contributed by atoms with Crippen LogP contribution in [-0.2, 0) is 4.79 Å². The second kappa shape index (κ2) is 6.38. The smallest absolute Gasteiger partial charge is 0.227 e. The van der Waals surface area contributed by atoms with Crippen molar-refractivity contribution >= 4 is 34.8 Å². The molecule has 0 spiro atoms. The van der Waals surface area contributed by atoms with Gasteiger partial charge in [-0.25, -0.2) is 0 Å². The largest absolute Gasteiger partial charge is 0.508 e. The lowest BCUT2D eigenvalue weighted by Gasteiger charge is -2.22. The SMILES string of the molecule is C[C@H](c1c(O)ccc(Cl)c1Cl)C1CC(=O)N(c2ccncc2)C1. The van der Waals surface area contributed by atoms with E-state index in [9.17, 15) is 9.90 Å². The Morgan fingerprint density at radius 2 is 1.96 bits per heavy atom. The van der Waals surface area contributed by atoms with E-state index in [0.29, 0.717) is 28.6 Å². The molecule has 1 aliphatic heterocycles. The summed E-state index contributed by atoms with van der Waals surface area (Å²) < 4.78 is 0. The molecule has 4 nitrogen and oxygen atoms in total. The van der Waals surface area contributed by atoms with Gasteiger partial charge in [-0.3, -0.25) is 9.78 Å². The topological polar surface area (TPSA) is 53.4 Å². The van der Waals surface area contributed by atoms with Crippen molar-refractivity contribution in [1.29, 1.82) is 0 Å². The van der Waals surface area contributed by atoms with E-state index in [0.717, 1.165) is 5.69 Å². The Bertz CT molecular complexity index is 737. The van der Waals surface area contributed by atoms with Crippen LogP contribution in [0.2, 0.25) is 10.0 Å². The number of hydrogen-bond donors (Lipinski definition) is 1. The average molecular weight is 351 g/mol. The van der Waals surface area contributed by atoms with Gasteiger partial charge in [0, 0.05) is 36.6 Å². The number of phenols is 1. The van der Waals surface area contributed by atoms with Gasteiger partial charge in [0.2, 0.25) is 5.91 Å². The summed E-state index contributed by atoms with van der Waals surface area (Å²) in [6.07, 6.45) is 3.74. The molecule has 1 saturated heterocycles. The molecule has 0 aliphatic carbocycles. The van der Waals surface area contributed by atoms with E-state index in [1.807, 2.05) is 19.1 Å². The second-order valence-electron chi connectivity index (χ2n) is 5.76. The first-order chi connectivity index (χ1) is 11.0. The molecule has 6 heteroatoms. The minimum atomic E-state index is -0.0861. The van der Waals surface area contributed by atoms with Crippen molar-refractivity contribution in [3.63, 3.8) is 0 Å². The molecular formula is C17H16Cl2N2O2. The van der Waals surface area contributed by atoms with E-state index in [2.05, 4.69) is 4.98 Å². The molecule has 0 radical (unpaired) electrons. The molecule has 1 unspecified atom stereocenters. The zero-order chi connectivity index (χ0) is 16.6. The van der Waals surface area contributed by atoms with E-state index in [4.69, 9.17) is 23.2 Å². The van der Waals surface area contributed by atoms with Crippen molar-refractivity contribution in [2.24, 2.45) is 5.92 Å². The van der Waals surface area contributed by atoms with Crippen LogP contribution in [0.5, 0.6) is 5.75 Å². The lowest BCUT2D eigenvalue weighted by molar-refractivity contribution is -0.117. The Morgan fingerprint density at radius 3 is 2.65 bits per heavy atom. The third kappa shape index (κ3) is 3.01. The van der Waals surface area contributed by atoms with Crippen LogP contribution in [-0.4, -0.2) is 22.5 Å². The molecule has 2 aromatic rings. The molecule has 1 amide bonds. The predicted molar refractivity (Wildman–Crippen MR) is 91.2 cm³/mol. The number of benzene rings is 1. The summed E-state index contributed by atoms with van der Waals surface area (Å²) >= 11 is 12.3. The molecule has 1 aromatic carbocycles. The van der Waals surface area contributed by atoms with Gasteiger partial charge < -0.3 is 10.0 Å². The van der Waals surface area contributed by atoms with Crippen molar-refractivity contribution in [1.82, 2.24) is 4.98 Å². The number of carbonyl (C=O) groups excluding carboxylic acids is 1. The fourth-order valence-electron chi connectivity index (χ4n) is 3.07. The van der Waals surface area contributed by atoms with E-state index < -0.39 is 0 Å². The highest BCUT2D eigenvalue weighted by atomic mass is 35.5. The first-order valence-corrected chi connectivity index (χ1v) is 8.12. The van der Waals surface area contributed by atoms with Crippen molar-refractivity contribution in [3.05, 3.63) is 52.3 Å². The number of hydrogen-bond acceptors (Lipinski definition) is 3. The number of amides is 1. The van der Waals surface area contributed by atoms with Gasteiger partial charge in [0.05, 0.1) is 10.0 Å². The molecule has 2 atom stereocenters. The molecule has 1 aromatic heterocycles. The zero-order valence-electron chi connectivity index (χ0n) is 12.5. The number of anilines is 1. The first-order valence-electron chi connectivity index (χ1n) is 7.36. The maximum atomic E-state index is 12.3. The Balaban J connectivity index is 1.87. The molecule has 1 N–H and O–H groups in total. The van der Waals surface area contributed by atoms with Gasteiger partial charge in [-0.2, -0.15) is 0 Å². The monoisotopic (exact) mass is 350 g/mol. The van der Waals surface area contributed by atoms with Crippen molar-refractivity contribution in [2.75, 3.05) is 11.4 Å². The summed E-state index contributed by atoms with van der Waals surface area (Å²) in [6.45, 7) is 2.54. The van der Waals surface area contributed by atoms with Crippen molar-refractivity contribution < 1.29 is 9.90 Å². The van der Waals surface area contributed by atoms with Crippen LogP contribution >= 0.6 is 23.2 Å². The normalized spacial score (nSPS) is 19.2. The zero-order valence-corrected chi connectivity index (χ0v) is 14.1. The first kappa shape index (κ1) is 16.1. The highest BCUT2D eigenvalue weighted by molar-refractivity contribution is 6.42. The lowest BCUT2D eigenvalue weighted by atomic mass is 9.86. The van der Waals surface area contributed by atoms with E-state index in [-0.39, 0.29) is 23.5 Å². The van der Waals surface area contributed by atoms with Gasteiger partial charge >= 0.3 is 0 Å². The van der Waals surface area contributed by atoms with Crippen LogP contribution in [0, 0.1) is 5.92 Å². The highest BCUT2D eigenvalue weighted by Crippen LogP contribution is 2.43. The fraction of sp³-hybridized carbons (Fsp3) is 0.294. The number of pyridine rings is 1. The Kier molecular flexibility index (Phi) is 4.46. The summed E-state index contributed by atoms with van der Waals surface area (Å²) in [5.74, 6) is 0.141. The number of aromatic nitrogens is 1. The lowest BCUT2D eigenvalue weighted by Crippen LogP contribution is -2.25. The average Bonchev–Trinajstić information content (AvgIpc) is 2.94. The van der Waals surface area contributed by atoms with Gasteiger partial charge in [-0.05, 0) is 36.1 Å².